The van der Waals surface area contributed by atoms with Crippen LogP contribution in [0.3, 0.4) is 0 Å². The van der Waals surface area contributed by atoms with Crippen LogP contribution in [0.4, 0.5) is 0 Å². The molecule has 1 aromatic carbocycles. The Morgan fingerprint density at radius 2 is 1.57 bits per heavy atom. The van der Waals surface area contributed by atoms with E-state index in [-0.39, 0.29) is 18.2 Å². The third-order valence-electron chi connectivity index (χ3n) is 6.31. The number of nitrogen functional groups attached to an aromatic ring is 1. The standard InChI is InChI=1S/C23H39N5O.ClH/c24-23(25)21-5-7-22(8-6-21)29-19-3-14-28-17-15-27(16-18-28)13-2-1-4-20-9-11-26-12-10-20;/h5-8,20,26H,1-4,9-19H2,(H3,24,25);1H. The molecular weight excluding hydrogens is 398 g/mol. The van der Waals surface area contributed by atoms with Gasteiger partial charge in [0.1, 0.15) is 11.6 Å². The van der Waals surface area contributed by atoms with E-state index >= 15 is 0 Å². The van der Waals surface area contributed by atoms with E-state index in [0.717, 1.165) is 36.8 Å². The van der Waals surface area contributed by atoms with E-state index in [9.17, 15) is 0 Å². The number of benzene rings is 1. The molecule has 0 spiro atoms. The summed E-state index contributed by atoms with van der Waals surface area (Å²) in [5.41, 5.74) is 6.21. The largest absolute Gasteiger partial charge is 0.494 e. The molecule has 30 heavy (non-hydrogen) atoms. The van der Waals surface area contributed by atoms with Gasteiger partial charge in [-0.2, -0.15) is 0 Å². The number of nitrogens with zero attached hydrogens (tertiary/aromatic N) is 2. The second kappa shape index (κ2) is 13.9. The second-order valence-electron chi connectivity index (χ2n) is 8.51. The van der Waals surface area contributed by atoms with E-state index in [4.69, 9.17) is 15.9 Å². The molecule has 0 saturated carbocycles. The average molecular weight is 438 g/mol. The first-order chi connectivity index (χ1) is 14.2. The number of unbranched alkanes of at least 4 members (excludes halogenated alkanes) is 1. The monoisotopic (exact) mass is 437 g/mol. The summed E-state index contributed by atoms with van der Waals surface area (Å²) >= 11 is 0. The number of ether oxygens (including phenoxy) is 1. The van der Waals surface area contributed by atoms with Crippen LogP contribution >= 0.6 is 12.4 Å². The maximum atomic E-state index is 7.42. The lowest BCUT2D eigenvalue weighted by atomic mass is 9.92. The predicted molar refractivity (Wildman–Crippen MR) is 127 cm³/mol. The Morgan fingerprint density at radius 3 is 2.17 bits per heavy atom. The van der Waals surface area contributed by atoms with Gasteiger partial charge >= 0.3 is 0 Å². The summed E-state index contributed by atoms with van der Waals surface area (Å²) in [6.45, 7) is 10.3. The Labute approximate surface area is 188 Å². The molecule has 2 fully saturated rings. The van der Waals surface area contributed by atoms with E-state index in [2.05, 4.69) is 15.1 Å². The lowest BCUT2D eigenvalue weighted by Crippen LogP contribution is -2.46. The molecule has 2 aliphatic rings. The third kappa shape index (κ3) is 8.80. The normalized spacial score (nSPS) is 18.7. The van der Waals surface area contributed by atoms with Crippen LogP contribution in [0.1, 0.15) is 44.1 Å². The van der Waals surface area contributed by atoms with Crippen molar-refractivity contribution in [3.05, 3.63) is 29.8 Å². The van der Waals surface area contributed by atoms with Crippen LogP contribution in [0.2, 0.25) is 0 Å². The highest BCUT2D eigenvalue weighted by molar-refractivity contribution is 5.94. The van der Waals surface area contributed by atoms with Gasteiger partial charge in [-0.25, -0.2) is 0 Å². The van der Waals surface area contributed by atoms with E-state index in [1.165, 1.54) is 77.9 Å². The predicted octanol–water partition coefficient (Wildman–Crippen LogP) is 2.95. The van der Waals surface area contributed by atoms with Crippen LogP contribution < -0.4 is 15.8 Å². The van der Waals surface area contributed by atoms with Crippen LogP contribution in [0.5, 0.6) is 5.75 Å². The molecule has 2 heterocycles. The molecule has 7 heteroatoms. The van der Waals surface area contributed by atoms with Gasteiger partial charge in [0.05, 0.1) is 6.61 Å². The Balaban J connectivity index is 0.00000320. The minimum atomic E-state index is 0. The zero-order chi connectivity index (χ0) is 20.3. The van der Waals surface area contributed by atoms with Crippen molar-refractivity contribution in [2.45, 2.75) is 38.5 Å². The summed E-state index contributed by atoms with van der Waals surface area (Å²) in [5, 5.41) is 10.9. The van der Waals surface area contributed by atoms with E-state index in [1.54, 1.807) is 0 Å². The lowest BCUT2D eigenvalue weighted by Gasteiger charge is -2.34. The molecule has 2 saturated heterocycles. The molecule has 6 nitrogen and oxygen atoms in total. The van der Waals surface area contributed by atoms with Crippen molar-refractivity contribution in [2.75, 3.05) is 59.0 Å². The molecule has 2 aliphatic heterocycles. The maximum absolute atomic E-state index is 7.42. The molecule has 0 bridgehead atoms. The van der Waals surface area contributed by atoms with Crippen molar-refractivity contribution in [3.8, 4) is 5.75 Å². The van der Waals surface area contributed by atoms with Gasteiger partial charge in [-0.15, -0.1) is 12.4 Å². The van der Waals surface area contributed by atoms with E-state index < -0.39 is 0 Å². The summed E-state index contributed by atoms with van der Waals surface area (Å²) in [4.78, 5) is 5.21. The van der Waals surface area contributed by atoms with Gasteiger partial charge in [0, 0.05) is 38.3 Å². The molecule has 0 amide bonds. The zero-order valence-corrected chi connectivity index (χ0v) is 19.1. The van der Waals surface area contributed by atoms with Crippen LogP contribution in [0.25, 0.3) is 0 Å². The van der Waals surface area contributed by atoms with E-state index in [0.29, 0.717) is 0 Å². The summed E-state index contributed by atoms with van der Waals surface area (Å²) in [6.07, 6.45) is 8.00. The number of piperidine rings is 1. The fourth-order valence-electron chi connectivity index (χ4n) is 4.38. The fraction of sp³-hybridized carbons (Fsp3) is 0.696. The van der Waals surface area contributed by atoms with Crippen molar-refractivity contribution in [1.29, 1.82) is 5.41 Å². The van der Waals surface area contributed by atoms with Crippen LogP contribution in [0, 0.1) is 11.3 Å². The number of rotatable bonds is 11. The van der Waals surface area contributed by atoms with Gasteiger partial charge in [-0.05, 0) is 75.5 Å². The average Bonchev–Trinajstić information content (AvgIpc) is 2.76. The minimum Gasteiger partial charge on any atom is -0.494 e. The van der Waals surface area contributed by atoms with Crippen molar-refractivity contribution < 1.29 is 4.74 Å². The minimum absolute atomic E-state index is 0. The number of hydrogen-bond donors (Lipinski definition) is 3. The molecule has 4 N–H and O–H groups in total. The van der Waals surface area contributed by atoms with Gasteiger partial charge in [0.25, 0.3) is 0 Å². The summed E-state index contributed by atoms with van der Waals surface area (Å²) in [7, 11) is 0. The molecule has 0 unspecified atom stereocenters. The van der Waals surface area contributed by atoms with Gasteiger partial charge < -0.3 is 25.6 Å². The highest BCUT2D eigenvalue weighted by Crippen LogP contribution is 2.19. The quantitative estimate of drug-likeness (QED) is 0.282. The van der Waals surface area contributed by atoms with Crippen molar-refractivity contribution in [1.82, 2.24) is 15.1 Å². The van der Waals surface area contributed by atoms with Crippen molar-refractivity contribution in [3.63, 3.8) is 0 Å². The molecular formula is C23H40ClN5O. The first-order valence-corrected chi connectivity index (χ1v) is 11.4. The number of piperazine rings is 1. The molecule has 3 rings (SSSR count). The smallest absolute Gasteiger partial charge is 0.122 e. The van der Waals surface area contributed by atoms with Crippen LogP contribution in [0.15, 0.2) is 24.3 Å². The van der Waals surface area contributed by atoms with Crippen LogP contribution in [-0.4, -0.2) is 74.6 Å². The van der Waals surface area contributed by atoms with Crippen LogP contribution in [-0.2, 0) is 0 Å². The summed E-state index contributed by atoms with van der Waals surface area (Å²) < 4.78 is 5.82. The zero-order valence-electron chi connectivity index (χ0n) is 18.3. The van der Waals surface area contributed by atoms with Gasteiger partial charge in [-0.3, -0.25) is 5.41 Å². The van der Waals surface area contributed by atoms with Gasteiger partial charge in [0.15, 0.2) is 0 Å². The number of halogens is 1. The first kappa shape index (κ1) is 24.9. The highest BCUT2D eigenvalue weighted by Gasteiger charge is 2.17. The van der Waals surface area contributed by atoms with Crippen molar-refractivity contribution >= 4 is 18.2 Å². The molecule has 0 aliphatic carbocycles. The Bertz CT molecular complexity index is 598. The Kier molecular flexibility index (Phi) is 11.5. The summed E-state index contributed by atoms with van der Waals surface area (Å²) in [5.74, 6) is 1.92. The lowest BCUT2D eigenvalue weighted by molar-refractivity contribution is 0.124. The molecule has 0 atom stereocenters. The maximum Gasteiger partial charge on any atom is 0.122 e. The van der Waals surface area contributed by atoms with E-state index in [1.807, 2.05) is 24.3 Å². The number of nitrogens with two attached hydrogens (primary N) is 1. The molecule has 1 aromatic rings. The fourth-order valence-corrected chi connectivity index (χ4v) is 4.38. The Hall–Kier alpha value is -1.34. The highest BCUT2D eigenvalue weighted by atomic mass is 35.5. The number of nitrogens with one attached hydrogen (secondary N) is 2. The molecule has 0 aromatic heterocycles. The number of hydrogen-bond acceptors (Lipinski definition) is 5. The summed E-state index contributed by atoms with van der Waals surface area (Å²) in [6, 6.07) is 7.45. The topological polar surface area (TPSA) is 77.6 Å². The van der Waals surface area contributed by atoms with Gasteiger partial charge in [0.2, 0.25) is 0 Å². The first-order valence-electron chi connectivity index (χ1n) is 11.4. The number of amidine groups is 1. The second-order valence-corrected chi connectivity index (χ2v) is 8.51. The molecule has 0 radical (unpaired) electrons. The Morgan fingerprint density at radius 1 is 0.967 bits per heavy atom. The third-order valence-corrected chi connectivity index (χ3v) is 6.31. The molecule has 170 valence electrons. The van der Waals surface area contributed by atoms with Crippen molar-refractivity contribution in [2.24, 2.45) is 11.7 Å². The SMILES string of the molecule is Cl.N=C(N)c1ccc(OCCCN2CCN(CCCCC3CCNCC3)CC2)cc1. The van der Waals surface area contributed by atoms with Gasteiger partial charge in [-0.1, -0.05) is 12.8 Å².